The van der Waals surface area contributed by atoms with Crippen molar-refractivity contribution < 1.29 is 4.74 Å². The Bertz CT molecular complexity index is 1010. The molecular weight excluding hydrogens is 370 g/mol. The summed E-state index contributed by atoms with van der Waals surface area (Å²) in [6.07, 6.45) is 0. The molecule has 2 atom stereocenters. The number of hydrogen-bond donors (Lipinski definition) is 0. The van der Waals surface area contributed by atoms with Crippen molar-refractivity contribution in [1.82, 2.24) is 0 Å². The summed E-state index contributed by atoms with van der Waals surface area (Å²) in [6, 6.07) is 25.7. The second-order valence-electron chi connectivity index (χ2n) is 6.69. The molecule has 2 aliphatic rings. The van der Waals surface area contributed by atoms with Gasteiger partial charge in [0, 0.05) is 32.3 Å². The zero-order valence-electron chi connectivity index (χ0n) is 15.0. The van der Waals surface area contributed by atoms with Crippen LogP contribution in [-0.4, -0.2) is 18.6 Å². The number of thioether (sulfide) groups is 2. The maximum absolute atomic E-state index is 5.36. The molecule has 0 N–H and O–H groups in total. The smallest absolute Gasteiger partial charge is 0.118 e. The Hall–Kier alpha value is -2.17. The highest BCUT2D eigenvalue weighted by molar-refractivity contribution is 8.00. The molecule has 0 fully saturated rings. The highest BCUT2D eigenvalue weighted by atomic mass is 32.2. The molecule has 3 aromatic rings. The Balaban J connectivity index is 1.66. The van der Waals surface area contributed by atoms with Crippen LogP contribution in [0.4, 0.5) is 5.69 Å². The van der Waals surface area contributed by atoms with Crippen molar-refractivity contribution in [2.45, 2.75) is 15.0 Å². The highest BCUT2D eigenvalue weighted by Crippen LogP contribution is 2.51. The number of fused-ring (bicyclic) bond motifs is 4. The molecule has 0 unspecified atom stereocenters. The lowest BCUT2D eigenvalue weighted by molar-refractivity contribution is 0.414. The standard InChI is InChI=1S/C23H19NOS2/c1-25-16-12-10-15(11-13-16)23-18-14-26-20-8-4-2-6-17(20)22(18)24-19-7-3-5-9-21(19)27-23/h2-13,18,23H,14H2,1H3/t18-,23+/m0/s1. The third-order valence-corrected chi connectivity index (χ3v) is 7.75. The molecule has 0 bridgehead atoms. The van der Waals surface area contributed by atoms with E-state index >= 15 is 0 Å². The van der Waals surface area contributed by atoms with Gasteiger partial charge in [0.2, 0.25) is 0 Å². The number of benzene rings is 3. The lowest BCUT2D eigenvalue weighted by Gasteiger charge is -2.31. The lowest BCUT2D eigenvalue weighted by Crippen LogP contribution is -2.27. The molecule has 4 heteroatoms. The maximum Gasteiger partial charge on any atom is 0.118 e. The molecule has 2 heterocycles. The first-order valence-corrected chi connectivity index (χ1v) is 10.9. The molecule has 0 amide bonds. The Morgan fingerprint density at radius 3 is 2.44 bits per heavy atom. The minimum absolute atomic E-state index is 0.333. The van der Waals surface area contributed by atoms with E-state index < -0.39 is 0 Å². The molecule has 0 spiro atoms. The van der Waals surface area contributed by atoms with E-state index in [1.807, 2.05) is 23.5 Å². The predicted molar refractivity (Wildman–Crippen MR) is 115 cm³/mol. The molecular formula is C23H19NOS2. The van der Waals surface area contributed by atoms with Crippen LogP contribution in [0.1, 0.15) is 16.4 Å². The molecule has 134 valence electrons. The van der Waals surface area contributed by atoms with Gasteiger partial charge < -0.3 is 4.74 Å². The van der Waals surface area contributed by atoms with Gasteiger partial charge in [-0.25, -0.2) is 0 Å². The van der Waals surface area contributed by atoms with Gasteiger partial charge in [0.15, 0.2) is 0 Å². The number of nitrogens with zero attached hydrogens (tertiary/aromatic N) is 1. The van der Waals surface area contributed by atoms with Gasteiger partial charge in [-0.2, -0.15) is 0 Å². The minimum Gasteiger partial charge on any atom is -0.497 e. The second-order valence-corrected chi connectivity index (χ2v) is 8.94. The zero-order valence-corrected chi connectivity index (χ0v) is 16.6. The monoisotopic (exact) mass is 389 g/mol. The van der Waals surface area contributed by atoms with E-state index in [1.54, 1.807) is 7.11 Å². The van der Waals surface area contributed by atoms with Gasteiger partial charge in [-0.3, -0.25) is 4.99 Å². The van der Waals surface area contributed by atoms with Crippen molar-refractivity contribution in [3.8, 4) is 5.75 Å². The van der Waals surface area contributed by atoms with E-state index in [2.05, 4.69) is 72.8 Å². The molecule has 0 aromatic heterocycles. The average molecular weight is 390 g/mol. The molecule has 2 nitrogen and oxygen atoms in total. The third-order valence-electron chi connectivity index (χ3n) is 5.10. The fourth-order valence-electron chi connectivity index (χ4n) is 3.73. The molecule has 5 rings (SSSR count). The highest BCUT2D eigenvalue weighted by Gasteiger charge is 2.36. The van der Waals surface area contributed by atoms with Gasteiger partial charge in [-0.15, -0.1) is 23.5 Å². The van der Waals surface area contributed by atoms with Crippen LogP contribution >= 0.6 is 23.5 Å². The van der Waals surface area contributed by atoms with E-state index in [4.69, 9.17) is 9.73 Å². The first-order valence-electron chi connectivity index (χ1n) is 9.04. The third kappa shape index (κ3) is 3.07. The minimum atomic E-state index is 0.333. The number of rotatable bonds is 2. The number of hydrogen-bond acceptors (Lipinski definition) is 4. The quantitative estimate of drug-likeness (QED) is 0.507. The Labute approximate surface area is 168 Å². The van der Waals surface area contributed by atoms with Crippen LogP contribution in [0.2, 0.25) is 0 Å². The summed E-state index contributed by atoms with van der Waals surface area (Å²) >= 11 is 3.89. The predicted octanol–water partition coefficient (Wildman–Crippen LogP) is 6.38. The van der Waals surface area contributed by atoms with Gasteiger partial charge in [0.1, 0.15) is 5.75 Å². The van der Waals surface area contributed by atoms with Crippen molar-refractivity contribution in [2.75, 3.05) is 12.9 Å². The zero-order chi connectivity index (χ0) is 18.2. The van der Waals surface area contributed by atoms with Crippen molar-refractivity contribution in [3.63, 3.8) is 0 Å². The normalized spacial score (nSPS) is 20.6. The molecule has 0 saturated heterocycles. The van der Waals surface area contributed by atoms with Crippen molar-refractivity contribution in [2.24, 2.45) is 10.9 Å². The molecule has 0 radical (unpaired) electrons. The summed E-state index contributed by atoms with van der Waals surface area (Å²) in [5.41, 5.74) is 4.92. The van der Waals surface area contributed by atoms with Gasteiger partial charge in [-0.1, -0.05) is 42.5 Å². The molecule has 3 aromatic carbocycles. The molecule has 0 saturated carbocycles. The summed E-state index contributed by atoms with van der Waals surface area (Å²) in [5, 5.41) is 0.333. The van der Waals surface area contributed by atoms with Crippen LogP contribution in [-0.2, 0) is 0 Å². The second kappa shape index (κ2) is 7.10. The SMILES string of the molecule is COc1ccc([C@H]2Sc3ccccc3N=C3c4ccccc4SC[C@@H]32)cc1. The van der Waals surface area contributed by atoms with Gasteiger partial charge in [-0.05, 0) is 35.9 Å². The number of methoxy groups -OCH3 is 1. The summed E-state index contributed by atoms with van der Waals surface area (Å²) in [5.74, 6) is 2.32. The average Bonchev–Trinajstić information content (AvgIpc) is 2.91. The fourth-order valence-corrected chi connectivity index (χ4v) is 6.41. The topological polar surface area (TPSA) is 21.6 Å². The summed E-state index contributed by atoms with van der Waals surface area (Å²) in [6.45, 7) is 0. The van der Waals surface area contributed by atoms with E-state index in [9.17, 15) is 0 Å². The molecule has 27 heavy (non-hydrogen) atoms. The number of aliphatic imine (C=N–C) groups is 1. The van der Waals surface area contributed by atoms with Gasteiger partial charge in [0.05, 0.1) is 18.5 Å². The van der Waals surface area contributed by atoms with Crippen LogP contribution in [0.25, 0.3) is 0 Å². The van der Waals surface area contributed by atoms with Gasteiger partial charge >= 0.3 is 0 Å². The van der Waals surface area contributed by atoms with Crippen LogP contribution in [0, 0.1) is 5.92 Å². The first kappa shape index (κ1) is 17.0. The summed E-state index contributed by atoms with van der Waals surface area (Å²) in [4.78, 5) is 7.76. The lowest BCUT2D eigenvalue weighted by atomic mass is 9.90. The maximum atomic E-state index is 5.36. The van der Waals surface area contributed by atoms with Crippen LogP contribution in [0.3, 0.4) is 0 Å². The van der Waals surface area contributed by atoms with Crippen LogP contribution < -0.4 is 4.74 Å². The number of para-hydroxylation sites is 1. The number of ether oxygens (including phenoxy) is 1. The Morgan fingerprint density at radius 1 is 0.889 bits per heavy atom. The van der Waals surface area contributed by atoms with Crippen LogP contribution in [0.5, 0.6) is 5.75 Å². The Kier molecular flexibility index (Phi) is 4.46. The summed E-state index contributed by atoms with van der Waals surface area (Å²) in [7, 11) is 1.71. The Morgan fingerprint density at radius 2 is 1.63 bits per heavy atom. The largest absolute Gasteiger partial charge is 0.497 e. The summed E-state index contributed by atoms with van der Waals surface area (Å²) < 4.78 is 5.36. The fraction of sp³-hybridized carbons (Fsp3) is 0.174. The van der Waals surface area contributed by atoms with E-state index in [0.29, 0.717) is 11.2 Å². The molecule has 0 aliphatic carbocycles. The first-order chi connectivity index (χ1) is 13.3. The van der Waals surface area contributed by atoms with E-state index in [1.165, 1.54) is 26.6 Å². The van der Waals surface area contributed by atoms with E-state index in [0.717, 1.165) is 17.2 Å². The van der Waals surface area contributed by atoms with Gasteiger partial charge in [0.25, 0.3) is 0 Å². The van der Waals surface area contributed by atoms with Crippen molar-refractivity contribution in [1.29, 1.82) is 0 Å². The van der Waals surface area contributed by atoms with Crippen molar-refractivity contribution >= 4 is 34.9 Å². The van der Waals surface area contributed by atoms with E-state index in [-0.39, 0.29) is 0 Å². The molecule has 2 aliphatic heterocycles. The van der Waals surface area contributed by atoms with Crippen molar-refractivity contribution in [3.05, 3.63) is 83.9 Å². The van der Waals surface area contributed by atoms with Crippen LogP contribution in [0.15, 0.2) is 87.6 Å².